The number of anilines is 2. The second-order valence-electron chi connectivity index (χ2n) is 5.22. The third kappa shape index (κ3) is 3.08. The zero-order valence-electron chi connectivity index (χ0n) is 13.2. The van der Waals surface area contributed by atoms with Gasteiger partial charge in [-0.15, -0.1) is 0 Å². The first-order chi connectivity index (χ1) is 11.7. The molecule has 0 aliphatic heterocycles. The molecule has 0 amide bonds. The minimum Gasteiger partial charge on any atom is -0.496 e. The summed E-state index contributed by atoms with van der Waals surface area (Å²) in [6.45, 7) is 0. The normalized spacial score (nSPS) is 10.2. The minimum absolute atomic E-state index is 0.222. The molecule has 3 aromatic carbocycles. The number of rotatable bonds is 5. The van der Waals surface area contributed by atoms with Gasteiger partial charge in [-0.1, -0.05) is 48.5 Å². The van der Waals surface area contributed by atoms with E-state index < -0.39 is 5.97 Å². The van der Waals surface area contributed by atoms with E-state index in [9.17, 15) is 9.90 Å². The van der Waals surface area contributed by atoms with Crippen molar-refractivity contribution in [3.8, 4) is 16.9 Å². The standard InChI is InChI=1S/C20H17NO3/c1-24-18-13-7-12-17(19(18)14-8-3-2-4-9-14)21-16-11-6-5-10-15(16)20(22)23/h2-13,21H,1H3,(H,22,23). The van der Waals surface area contributed by atoms with Crippen LogP contribution in [0.4, 0.5) is 11.4 Å². The molecule has 4 nitrogen and oxygen atoms in total. The molecule has 3 rings (SSSR count). The van der Waals surface area contributed by atoms with Gasteiger partial charge < -0.3 is 15.2 Å². The van der Waals surface area contributed by atoms with Crippen LogP contribution in [-0.2, 0) is 0 Å². The number of hydrogen-bond acceptors (Lipinski definition) is 3. The molecule has 3 aromatic rings. The molecule has 0 heterocycles. The van der Waals surface area contributed by atoms with Crippen molar-refractivity contribution in [2.24, 2.45) is 0 Å². The number of aromatic carboxylic acids is 1. The molecule has 0 spiro atoms. The van der Waals surface area contributed by atoms with Crippen LogP contribution < -0.4 is 10.1 Å². The van der Waals surface area contributed by atoms with E-state index in [0.717, 1.165) is 22.6 Å². The van der Waals surface area contributed by atoms with Crippen LogP contribution in [0, 0.1) is 0 Å². The molecule has 2 N–H and O–H groups in total. The Hall–Kier alpha value is -3.27. The average Bonchev–Trinajstić information content (AvgIpc) is 2.62. The van der Waals surface area contributed by atoms with Crippen molar-refractivity contribution < 1.29 is 14.6 Å². The largest absolute Gasteiger partial charge is 0.496 e. The fraction of sp³-hybridized carbons (Fsp3) is 0.0500. The highest BCUT2D eigenvalue weighted by molar-refractivity contribution is 5.96. The van der Waals surface area contributed by atoms with Gasteiger partial charge in [0.2, 0.25) is 0 Å². The first kappa shape index (κ1) is 15.6. The van der Waals surface area contributed by atoms with Gasteiger partial charge in [-0.25, -0.2) is 4.79 Å². The molecule has 0 saturated carbocycles. The highest BCUT2D eigenvalue weighted by Crippen LogP contribution is 2.38. The molecule has 0 radical (unpaired) electrons. The molecule has 24 heavy (non-hydrogen) atoms. The van der Waals surface area contributed by atoms with Crippen LogP contribution in [0.5, 0.6) is 5.75 Å². The highest BCUT2D eigenvalue weighted by atomic mass is 16.5. The van der Waals surface area contributed by atoms with E-state index in [1.54, 1.807) is 31.4 Å². The predicted molar refractivity (Wildman–Crippen MR) is 95.1 cm³/mol. The summed E-state index contributed by atoms with van der Waals surface area (Å²) < 4.78 is 5.50. The van der Waals surface area contributed by atoms with E-state index in [1.165, 1.54) is 0 Å². The summed E-state index contributed by atoms with van der Waals surface area (Å²) in [6.07, 6.45) is 0. The van der Waals surface area contributed by atoms with Crippen LogP contribution in [0.3, 0.4) is 0 Å². The Bertz CT molecular complexity index is 860. The lowest BCUT2D eigenvalue weighted by atomic mass is 10.0. The number of carboxylic acids is 1. The number of benzene rings is 3. The van der Waals surface area contributed by atoms with E-state index in [2.05, 4.69) is 5.32 Å². The van der Waals surface area contributed by atoms with Crippen molar-refractivity contribution in [3.63, 3.8) is 0 Å². The smallest absolute Gasteiger partial charge is 0.337 e. The number of ether oxygens (including phenoxy) is 1. The topological polar surface area (TPSA) is 58.6 Å². The number of carbonyl (C=O) groups is 1. The summed E-state index contributed by atoms with van der Waals surface area (Å²) in [5.41, 5.74) is 3.43. The number of hydrogen-bond donors (Lipinski definition) is 2. The van der Waals surface area contributed by atoms with Crippen molar-refractivity contribution in [2.75, 3.05) is 12.4 Å². The second kappa shape index (κ2) is 6.87. The molecule has 0 unspecified atom stereocenters. The third-order valence-corrected chi connectivity index (χ3v) is 3.74. The van der Waals surface area contributed by atoms with E-state index in [1.807, 2.05) is 48.5 Å². The number of nitrogens with one attached hydrogen (secondary N) is 1. The lowest BCUT2D eigenvalue weighted by Crippen LogP contribution is -2.03. The maximum atomic E-state index is 11.4. The van der Waals surface area contributed by atoms with Crippen LogP contribution in [0.15, 0.2) is 72.8 Å². The summed E-state index contributed by atoms with van der Waals surface area (Å²) in [7, 11) is 1.62. The Balaban J connectivity index is 2.11. The van der Waals surface area contributed by atoms with Crippen LogP contribution in [0.1, 0.15) is 10.4 Å². The second-order valence-corrected chi connectivity index (χ2v) is 5.22. The monoisotopic (exact) mass is 319 g/mol. The predicted octanol–water partition coefficient (Wildman–Crippen LogP) is 4.80. The van der Waals surface area contributed by atoms with E-state index >= 15 is 0 Å². The molecular formula is C20H17NO3. The van der Waals surface area contributed by atoms with Crippen LogP contribution in [0.25, 0.3) is 11.1 Å². The van der Waals surface area contributed by atoms with Gasteiger partial charge in [0, 0.05) is 5.56 Å². The highest BCUT2D eigenvalue weighted by Gasteiger charge is 2.14. The van der Waals surface area contributed by atoms with E-state index in [-0.39, 0.29) is 5.56 Å². The quantitative estimate of drug-likeness (QED) is 0.709. The molecule has 0 aliphatic rings. The van der Waals surface area contributed by atoms with Crippen molar-refractivity contribution in [1.82, 2.24) is 0 Å². The summed E-state index contributed by atoms with van der Waals surface area (Å²) in [4.78, 5) is 11.4. The number of para-hydroxylation sites is 1. The van der Waals surface area contributed by atoms with Crippen LogP contribution >= 0.6 is 0 Å². The molecule has 120 valence electrons. The Morgan fingerprint density at radius 3 is 2.25 bits per heavy atom. The first-order valence-corrected chi connectivity index (χ1v) is 7.52. The maximum absolute atomic E-state index is 11.4. The van der Waals surface area contributed by atoms with Gasteiger partial charge in [-0.2, -0.15) is 0 Å². The molecule has 0 fully saturated rings. The fourth-order valence-corrected chi connectivity index (χ4v) is 2.63. The van der Waals surface area contributed by atoms with Crippen LogP contribution in [0.2, 0.25) is 0 Å². The minimum atomic E-state index is -0.970. The van der Waals surface area contributed by atoms with E-state index in [4.69, 9.17) is 4.74 Å². The Morgan fingerprint density at radius 1 is 0.875 bits per heavy atom. The Kier molecular flexibility index (Phi) is 4.47. The van der Waals surface area contributed by atoms with Crippen molar-refractivity contribution >= 4 is 17.3 Å². The molecular weight excluding hydrogens is 302 g/mol. The lowest BCUT2D eigenvalue weighted by Gasteiger charge is -2.17. The maximum Gasteiger partial charge on any atom is 0.337 e. The molecule has 0 saturated heterocycles. The van der Waals surface area contributed by atoms with Gasteiger partial charge in [0.1, 0.15) is 5.75 Å². The first-order valence-electron chi connectivity index (χ1n) is 7.52. The van der Waals surface area contributed by atoms with Gasteiger partial charge in [0.25, 0.3) is 0 Å². The summed E-state index contributed by atoms with van der Waals surface area (Å²) >= 11 is 0. The van der Waals surface area contributed by atoms with Gasteiger partial charge in [0.15, 0.2) is 0 Å². The Labute approximate surface area is 140 Å². The SMILES string of the molecule is COc1cccc(Nc2ccccc2C(=O)O)c1-c1ccccc1. The zero-order valence-corrected chi connectivity index (χ0v) is 13.2. The molecule has 0 bridgehead atoms. The fourth-order valence-electron chi connectivity index (χ4n) is 2.63. The van der Waals surface area contributed by atoms with Crippen molar-refractivity contribution in [1.29, 1.82) is 0 Å². The summed E-state index contributed by atoms with van der Waals surface area (Å²) in [5.74, 6) is -0.249. The number of carboxylic acid groups (broad SMARTS) is 1. The molecule has 0 aliphatic carbocycles. The van der Waals surface area contributed by atoms with Crippen molar-refractivity contribution in [2.45, 2.75) is 0 Å². The van der Waals surface area contributed by atoms with Crippen molar-refractivity contribution in [3.05, 3.63) is 78.4 Å². The van der Waals surface area contributed by atoms with Gasteiger partial charge >= 0.3 is 5.97 Å². The molecule has 4 heteroatoms. The van der Waals surface area contributed by atoms with Gasteiger partial charge in [-0.3, -0.25) is 0 Å². The van der Waals surface area contributed by atoms with Gasteiger partial charge in [0.05, 0.1) is 24.0 Å². The molecule has 0 aromatic heterocycles. The zero-order chi connectivity index (χ0) is 16.9. The third-order valence-electron chi connectivity index (χ3n) is 3.74. The Morgan fingerprint density at radius 2 is 1.54 bits per heavy atom. The number of methoxy groups -OCH3 is 1. The average molecular weight is 319 g/mol. The lowest BCUT2D eigenvalue weighted by molar-refractivity contribution is 0.0698. The molecule has 0 atom stereocenters. The van der Waals surface area contributed by atoms with E-state index in [0.29, 0.717) is 5.69 Å². The van der Waals surface area contributed by atoms with Crippen LogP contribution in [-0.4, -0.2) is 18.2 Å². The summed E-state index contributed by atoms with van der Waals surface area (Å²) in [5, 5.41) is 12.6. The summed E-state index contributed by atoms with van der Waals surface area (Å²) in [6, 6.07) is 22.3. The van der Waals surface area contributed by atoms with Gasteiger partial charge in [-0.05, 0) is 29.8 Å².